The summed E-state index contributed by atoms with van der Waals surface area (Å²) in [4.78, 5) is 16.8. The van der Waals surface area contributed by atoms with E-state index in [0.717, 1.165) is 41.1 Å². The molecule has 1 aliphatic heterocycles. The normalized spacial score (nSPS) is 15.8. The Morgan fingerprint density at radius 1 is 1.36 bits per heavy atom. The Bertz CT molecular complexity index is 1010. The van der Waals surface area contributed by atoms with Gasteiger partial charge in [-0.05, 0) is 32.3 Å². The van der Waals surface area contributed by atoms with Gasteiger partial charge in [0.25, 0.3) is 0 Å². The Balaban J connectivity index is 1.76. The van der Waals surface area contributed by atoms with Crippen LogP contribution in [0, 0.1) is 13.8 Å². The molecular formula is C21H24N4O3. The second kappa shape index (κ2) is 7.52. The van der Waals surface area contributed by atoms with E-state index in [-0.39, 0.29) is 19.2 Å². The first-order chi connectivity index (χ1) is 13.6. The van der Waals surface area contributed by atoms with Crippen molar-refractivity contribution < 1.29 is 14.6 Å². The number of hydrogen-bond acceptors (Lipinski definition) is 5. The number of aliphatic hydroxyl groups excluding tert-OH is 1. The van der Waals surface area contributed by atoms with Crippen molar-refractivity contribution in [2.45, 2.75) is 32.7 Å². The smallest absolute Gasteiger partial charge is 0.408 e. The summed E-state index contributed by atoms with van der Waals surface area (Å²) >= 11 is 0. The van der Waals surface area contributed by atoms with Gasteiger partial charge in [-0.2, -0.15) is 0 Å². The lowest BCUT2D eigenvalue weighted by Gasteiger charge is -2.29. The van der Waals surface area contributed by atoms with Gasteiger partial charge in [-0.25, -0.2) is 9.78 Å². The van der Waals surface area contributed by atoms with Crippen LogP contribution in [0.15, 0.2) is 36.5 Å². The first-order valence-electron chi connectivity index (χ1n) is 9.47. The minimum atomic E-state index is -0.574. The van der Waals surface area contributed by atoms with Crippen LogP contribution in [-0.2, 0) is 6.42 Å². The van der Waals surface area contributed by atoms with Crippen LogP contribution in [-0.4, -0.2) is 33.7 Å². The lowest BCUT2D eigenvalue weighted by molar-refractivity contribution is 0.195. The third kappa shape index (κ3) is 3.29. The van der Waals surface area contributed by atoms with E-state index in [1.54, 1.807) is 0 Å². The van der Waals surface area contributed by atoms with Crippen molar-refractivity contribution in [2.75, 3.05) is 18.5 Å². The summed E-state index contributed by atoms with van der Waals surface area (Å²) < 4.78 is 7.54. The number of fused-ring (bicyclic) bond motifs is 3. The SMILES string of the molecule is Cc1nc2c3c(c(OC(=O)NCCO)cn2c1C)CC[C@@H](c1ccccc1)N3. The van der Waals surface area contributed by atoms with Crippen molar-refractivity contribution in [3.63, 3.8) is 0 Å². The Morgan fingerprint density at radius 2 is 2.14 bits per heavy atom. The number of benzene rings is 1. The number of imidazole rings is 1. The maximum absolute atomic E-state index is 12.1. The average molecular weight is 380 g/mol. The standard InChI is InChI=1S/C21H24N4O3/c1-13-14(2)25-12-18(28-21(27)22-10-11-26)16-8-9-17(15-6-4-3-5-7-15)24-19(16)20(25)23-13/h3-7,12,17,24,26H,8-11H2,1-2H3,(H,22,27)/t17-/m0/s1. The molecule has 7 nitrogen and oxygen atoms in total. The summed E-state index contributed by atoms with van der Waals surface area (Å²) in [6, 6.07) is 10.5. The predicted molar refractivity (Wildman–Crippen MR) is 107 cm³/mol. The molecular weight excluding hydrogens is 356 g/mol. The third-order valence-corrected chi connectivity index (χ3v) is 5.24. The molecule has 0 radical (unpaired) electrons. The largest absolute Gasteiger partial charge is 0.412 e. The average Bonchev–Trinajstić information content (AvgIpc) is 3.01. The fourth-order valence-electron chi connectivity index (χ4n) is 3.67. The summed E-state index contributed by atoms with van der Waals surface area (Å²) in [5.74, 6) is 0.512. The number of carbonyl (C=O) groups is 1. The van der Waals surface area contributed by atoms with Gasteiger partial charge in [0.15, 0.2) is 11.4 Å². The maximum Gasteiger partial charge on any atom is 0.412 e. The van der Waals surface area contributed by atoms with Crippen LogP contribution in [0.25, 0.3) is 5.65 Å². The van der Waals surface area contributed by atoms with E-state index in [0.29, 0.717) is 5.75 Å². The number of pyridine rings is 1. The Labute approximate surface area is 163 Å². The van der Waals surface area contributed by atoms with Crippen molar-refractivity contribution in [2.24, 2.45) is 0 Å². The second-order valence-electron chi connectivity index (χ2n) is 7.01. The summed E-state index contributed by atoms with van der Waals surface area (Å²) in [5, 5.41) is 15.1. The molecule has 0 saturated carbocycles. The summed E-state index contributed by atoms with van der Waals surface area (Å²) in [6.45, 7) is 3.99. The van der Waals surface area contributed by atoms with Crippen molar-refractivity contribution >= 4 is 17.4 Å². The second-order valence-corrected chi connectivity index (χ2v) is 7.01. The van der Waals surface area contributed by atoms with Crippen LogP contribution < -0.4 is 15.4 Å². The van der Waals surface area contributed by atoms with Crippen LogP contribution in [0.2, 0.25) is 0 Å². The molecule has 0 spiro atoms. The highest BCUT2D eigenvalue weighted by Crippen LogP contribution is 2.40. The molecule has 7 heteroatoms. The van der Waals surface area contributed by atoms with Gasteiger partial charge >= 0.3 is 6.09 Å². The number of anilines is 1. The summed E-state index contributed by atoms with van der Waals surface area (Å²) in [7, 11) is 0. The molecule has 146 valence electrons. The van der Waals surface area contributed by atoms with Gasteiger partial charge in [-0.3, -0.25) is 4.40 Å². The fraction of sp³-hybridized carbons (Fsp3) is 0.333. The first kappa shape index (κ1) is 18.3. The van der Waals surface area contributed by atoms with Gasteiger partial charge in [0.1, 0.15) is 0 Å². The number of nitrogens with one attached hydrogen (secondary N) is 2. The number of aliphatic hydroxyl groups is 1. The Kier molecular flexibility index (Phi) is 4.92. The van der Waals surface area contributed by atoms with E-state index in [2.05, 4.69) is 22.8 Å². The molecule has 3 heterocycles. The maximum atomic E-state index is 12.1. The lowest BCUT2D eigenvalue weighted by Crippen LogP contribution is -2.30. The molecule has 28 heavy (non-hydrogen) atoms. The topological polar surface area (TPSA) is 87.9 Å². The number of rotatable bonds is 4. The Hall–Kier alpha value is -3.06. The van der Waals surface area contributed by atoms with Crippen LogP contribution in [0.1, 0.15) is 35.0 Å². The highest BCUT2D eigenvalue weighted by atomic mass is 16.6. The number of amides is 1. The van der Waals surface area contributed by atoms with E-state index in [4.69, 9.17) is 14.8 Å². The quantitative estimate of drug-likeness (QED) is 0.647. The van der Waals surface area contributed by atoms with Gasteiger partial charge in [0, 0.05) is 17.8 Å². The van der Waals surface area contributed by atoms with E-state index >= 15 is 0 Å². The minimum absolute atomic E-state index is 0.133. The fourth-order valence-corrected chi connectivity index (χ4v) is 3.67. The van der Waals surface area contributed by atoms with Crippen LogP contribution in [0.3, 0.4) is 0 Å². The van der Waals surface area contributed by atoms with E-state index in [1.807, 2.05) is 42.6 Å². The van der Waals surface area contributed by atoms with E-state index < -0.39 is 6.09 Å². The van der Waals surface area contributed by atoms with E-state index in [9.17, 15) is 4.79 Å². The van der Waals surface area contributed by atoms with Gasteiger partial charge in [-0.1, -0.05) is 30.3 Å². The zero-order valence-electron chi connectivity index (χ0n) is 16.0. The van der Waals surface area contributed by atoms with Gasteiger partial charge < -0.3 is 20.5 Å². The molecule has 0 unspecified atom stereocenters. The molecule has 4 rings (SSSR count). The van der Waals surface area contributed by atoms with Crippen LogP contribution in [0.5, 0.6) is 5.75 Å². The molecule has 1 atom stereocenters. The molecule has 1 amide bonds. The number of hydrogen-bond donors (Lipinski definition) is 3. The molecule has 0 bridgehead atoms. The number of aryl methyl sites for hydroxylation is 2. The van der Waals surface area contributed by atoms with Gasteiger partial charge in [0.2, 0.25) is 0 Å². The van der Waals surface area contributed by atoms with Gasteiger partial charge in [-0.15, -0.1) is 0 Å². The van der Waals surface area contributed by atoms with Crippen LogP contribution in [0.4, 0.5) is 10.5 Å². The number of aromatic nitrogens is 2. The molecule has 2 aromatic heterocycles. The molecule has 1 aromatic carbocycles. The van der Waals surface area contributed by atoms with Crippen molar-refractivity contribution in [3.05, 3.63) is 59.0 Å². The summed E-state index contributed by atoms with van der Waals surface area (Å²) in [6.07, 6.45) is 2.91. The van der Waals surface area contributed by atoms with Crippen LogP contribution >= 0.6 is 0 Å². The monoisotopic (exact) mass is 380 g/mol. The molecule has 1 aliphatic rings. The molecule has 0 aliphatic carbocycles. The third-order valence-electron chi connectivity index (χ3n) is 5.24. The minimum Gasteiger partial charge on any atom is -0.408 e. The van der Waals surface area contributed by atoms with Gasteiger partial charge in [0.05, 0.1) is 30.2 Å². The number of nitrogens with zero attached hydrogens (tertiary/aromatic N) is 2. The summed E-state index contributed by atoms with van der Waals surface area (Å²) in [5.41, 5.74) is 5.86. The zero-order valence-corrected chi connectivity index (χ0v) is 16.0. The van der Waals surface area contributed by atoms with Crippen molar-refractivity contribution in [1.82, 2.24) is 14.7 Å². The Morgan fingerprint density at radius 3 is 2.89 bits per heavy atom. The lowest BCUT2D eigenvalue weighted by atomic mass is 9.93. The molecule has 0 fully saturated rings. The highest BCUT2D eigenvalue weighted by molar-refractivity contribution is 5.79. The highest BCUT2D eigenvalue weighted by Gasteiger charge is 2.27. The molecule has 3 N–H and O–H groups in total. The number of carbonyl (C=O) groups excluding carboxylic acids is 1. The predicted octanol–water partition coefficient (Wildman–Crippen LogP) is 3.13. The number of ether oxygens (including phenoxy) is 1. The first-order valence-corrected chi connectivity index (χ1v) is 9.47. The van der Waals surface area contributed by atoms with Crippen molar-refractivity contribution in [1.29, 1.82) is 0 Å². The van der Waals surface area contributed by atoms with Crippen molar-refractivity contribution in [3.8, 4) is 5.75 Å². The molecule has 0 saturated heterocycles. The zero-order chi connectivity index (χ0) is 19.7. The molecule has 3 aromatic rings. The van der Waals surface area contributed by atoms with E-state index in [1.165, 1.54) is 5.56 Å².